The second-order valence-corrected chi connectivity index (χ2v) is 2.52. The molecular weight excluding hydrogens is 206 g/mol. The van der Waals surface area contributed by atoms with Gasteiger partial charge in [0.15, 0.2) is 0 Å². The highest BCUT2D eigenvalue weighted by Crippen LogP contribution is 1.93. The lowest BCUT2D eigenvalue weighted by Crippen LogP contribution is -2.42. The number of carboxylic acids is 2. The third-order valence-corrected chi connectivity index (χ3v) is 1.30. The number of alkyl carbamates (subject to hydrolysis) is 1. The van der Waals surface area contributed by atoms with Crippen molar-refractivity contribution < 1.29 is 29.3 Å². The number of aliphatic carboxylic acids is 2. The van der Waals surface area contributed by atoms with E-state index in [1.165, 1.54) is 6.08 Å². The number of rotatable bonds is 6. The fourth-order valence-electron chi connectivity index (χ4n) is 0.693. The standard InChI is InChI=1S/C8H11NO6/c1-2-3-15-8(14)9-5(7(12)13)4-6(10)11/h2,5H,1,3-4H2,(H,9,14)(H,10,11)(H,12,13)/t5-/m0/s1. The molecule has 0 aliphatic carbocycles. The Morgan fingerprint density at radius 1 is 1.40 bits per heavy atom. The molecule has 84 valence electrons. The Labute approximate surface area is 85.3 Å². The van der Waals surface area contributed by atoms with Gasteiger partial charge in [-0.1, -0.05) is 12.7 Å². The summed E-state index contributed by atoms with van der Waals surface area (Å²) in [5.74, 6) is -2.76. The maximum atomic E-state index is 10.9. The number of carbonyl (C=O) groups is 3. The van der Waals surface area contributed by atoms with Crippen molar-refractivity contribution in [3.63, 3.8) is 0 Å². The molecule has 0 aromatic heterocycles. The van der Waals surface area contributed by atoms with Crippen LogP contribution < -0.4 is 5.32 Å². The number of carbonyl (C=O) groups excluding carboxylic acids is 1. The fourth-order valence-corrected chi connectivity index (χ4v) is 0.693. The molecule has 0 rings (SSSR count). The van der Waals surface area contributed by atoms with Gasteiger partial charge in [-0.25, -0.2) is 9.59 Å². The van der Waals surface area contributed by atoms with Crippen LogP contribution in [0.1, 0.15) is 6.42 Å². The minimum atomic E-state index is -1.50. The number of nitrogens with one attached hydrogen (secondary N) is 1. The van der Waals surface area contributed by atoms with Gasteiger partial charge in [-0.2, -0.15) is 0 Å². The zero-order valence-corrected chi connectivity index (χ0v) is 7.80. The largest absolute Gasteiger partial charge is 0.481 e. The number of carboxylic acid groups (broad SMARTS) is 2. The normalized spacial score (nSPS) is 11.2. The number of ether oxygens (including phenoxy) is 1. The van der Waals surface area contributed by atoms with E-state index < -0.39 is 30.5 Å². The maximum Gasteiger partial charge on any atom is 0.408 e. The molecule has 7 nitrogen and oxygen atoms in total. The second kappa shape index (κ2) is 6.41. The van der Waals surface area contributed by atoms with Crippen LogP contribution in [-0.4, -0.2) is 40.9 Å². The third-order valence-electron chi connectivity index (χ3n) is 1.30. The van der Waals surface area contributed by atoms with Crippen LogP contribution in [0.15, 0.2) is 12.7 Å². The Kier molecular flexibility index (Phi) is 5.53. The molecule has 0 saturated carbocycles. The summed E-state index contributed by atoms with van der Waals surface area (Å²) in [5, 5.41) is 18.8. The lowest BCUT2D eigenvalue weighted by atomic mass is 10.2. The van der Waals surface area contributed by atoms with Crippen LogP contribution in [0, 0.1) is 0 Å². The van der Waals surface area contributed by atoms with Crippen LogP contribution in [0.25, 0.3) is 0 Å². The van der Waals surface area contributed by atoms with E-state index in [-0.39, 0.29) is 6.61 Å². The first kappa shape index (κ1) is 12.9. The Morgan fingerprint density at radius 2 is 2.00 bits per heavy atom. The molecule has 0 aromatic rings. The molecule has 0 unspecified atom stereocenters. The quantitative estimate of drug-likeness (QED) is 0.532. The smallest absolute Gasteiger partial charge is 0.408 e. The molecule has 0 bridgehead atoms. The van der Waals surface area contributed by atoms with Gasteiger partial charge in [0, 0.05) is 0 Å². The van der Waals surface area contributed by atoms with Gasteiger partial charge in [0.2, 0.25) is 0 Å². The summed E-state index contributed by atoms with van der Waals surface area (Å²) in [6.45, 7) is 3.20. The molecule has 3 N–H and O–H groups in total. The minimum absolute atomic E-state index is 0.0781. The molecule has 0 aromatic carbocycles. The molecule has 0 fully saturated rings. The molecular formula is C8H11NO6. The summed E-state index contributed by atoms with van der Waals surface area (Å²) >= 11 is 0. The predicted octanol–water partition coefficient (Wildman–Crippen LogP) is -0.174. The number of hydrogen-bond acceptors (Lipinski definition) is 4. The fraction of sp³-hybridized carbons (Fsp3) is 0.375. The maximum absolute atomic E-state index is 10.9. The van der Waals surface area contributed by atoms with E-state index in [2.05, 4.69) is 11.3 Å². The molecule has 7 heteroatoms. The van der Waals surface area contributed by atoms with Gasteiger partial charge in [-0.3, -0.25) is 4.79 Å². The van der Waals surface area contributed by atoms with Crippen LogP contribution in [0.4, 0.5) is 4.79 Å². The van der Waals surface area contributed by atoms with Crippen molar-refractivity contribution in [1.29, 1.82) is 0 Å². The average Bonchev–Trinajstić information content (AvgIpc) is 2.12. The monoisotopic (exact) mass is 217 g/mol. The van der Waals surface area contributed by atoms with E-state index in [1.54, 1.807) is 0 Å². The van der Waals surface area contributed by atoms with Crippen LogP contribution >= 0.6 is 0 Å². The van der Waals surface area contributed by atoms with E-state index in [1.807, 2.05) is 5.32 Å². The van der Waals surface area contributed by atoms with Crippen molar-refractivity contribution >= 4 is 18.0 Å². The molecule has 15 heavy (non-hydrogen) atoms. The molecule has 0 radical (unpaired) electrons. The minimum Gasteiger partial charge on any atom is -0.481 e. The van der Waals surface area contributed by atoms with Crippen molar-refractivity contribution in [2.75, 3.05) is 6.61 Å². The van der Waals surface area contributed by atoms with Crippen LogP contribution in [0.5, 0.6) is 0 Å². The summed E-state index contributed by atoms with van der Waals surface area (Å²) in [7, 11) is 0. The Hall–Kier alpha value is -2.05. The molecule has 0 spiro atoms. The summed E-state index contributed by atoms with van der Waals surface area (Å²) in [6, 6.07) is -1.50. The Morgan fingerprint density at radius 3 is 2.40 bits per heavy atom. The topological polar surface area (TPSA) is 113 Å². The number of hydrogen-bond donors (Lipinski definition) is 3. The van der Waals surface area contributed by atoms with Crippen LogP contribution in [-0.2, 0) is 14.3 Å². The predicted molar refractivity (Wildman–Crippen MR) is 48.4 cm³/mol. The zero-order valence-electron chi connectivity index (χ0n) is 7.80. The molecule has 1 atom stereocenters. The molecule has 1 amide bonds. The van der Waals surface area contributed by atoms with Crippen LogP contribution in [0.3, 0.4) is 0 Å². The molecule has 0 saturated heterocycles. The van der Waals surface area contributed by atoms with Crippen molar-refractivity contribution in [1.82, 2.24) is 5.32 Å². The third kappa shape index (κ3) is 6.08. The van der Waals surface area contributed by atoms with E-state index in [4.69, 9.17) is 10.2 Å². The lowest BCUT2D eigenvalue weighted by Gasteiger charge is -2.11. The highest BCUT2D eigenvalue weighted by molar-refractivity contribution is 5.84. The average molecular weight is 217 g/mol. The summed E-state index contributed by atoms with van der Waals surface area (Å²) in [6.07, 6.45) is -0.408. The molecule has 0 heterocycles. The van der Waals surface area contributed by atoms with E-state index in [0.717, 1.165) is 0 Å². The second-order valence-electron chi connectivity index (χ2n) is 2.52. The first-order chi connectivity index (χ1) is 6.97. The van der Waals surface area contributed by atoms with E-state index in [0.29, 0.717) is 0 Å². The van der Waals surface area contributed by atoms with Crippen molar-refractivity contribution in [3.05, 3.63) is 12.7 Å². The van der Waals surface area contributed by atoms with Gasteiger partial charge in [0.1, 0.15) is 12.6 Å². The van der Waals surface area contributed by atoms with Gasteiger partial charge in [0.25, 0.3) is 0 Å². The first-order valence-corrected chi connectivity index (χ1v) is 3.96. The highest BCUT2D eigenvalue weighted by Gasteiger charge is 2.23. The van der Waals surface area contributed by atoms with Gasteiger partial charge in [0.05, 0.1) is 6.42 Å². The van der Waals surface area contributed by atoms with Gasteiger partial charge < -0.3 is 20.3 Å². The molecule has 0 aliphatic heterocycles. The van der Waals surface area contributed by atoms with Crippen molar-refractivity contribution in [3.8, 4) is 0 Å². The summed E-state index contributed by atoms with van der Waals surface area (Å²) in [5.41, 5.74) is 0. The van der Waals surface area contributed by atoms with E-state index in [9.17, 15) is 14.4 Å². The zero-order chi connectivity index (χ0) is 11.8. The Balaban J connectivity index is 4.16. The Bertz CT molecular complexity index is 274. The highest BCUT2D eigenvalue weighted by atomic mass is 16.5. The van der Waals surface area contributed by atoms with Gasteiger partial charge >= 0.3 is 18.0 Å². The molecule has 0 aliphatic rings. The van der Waals surface area contributed by atoms with Gasteiger partial charge in [-0.15, -0.1) is 0 Å². The van der Waals surface area contributed by atoms with Crippen molar-refractivity contribution in [2.45, 2.75) is 12.5 Å². The SMILES string of the molecule is C=CCOC(=O)N[C@@H](CC(=O)O)C(=O)O. The summed E-state index contributed by atoms with van der Waals surface area (Å²) < 4.78 is 4.43. The lowest BCUT2D eigenvalue weighted by molar-refractivity contribution is -0.145. The summed E-state index contributed by atoms with van der Waals surface area (Å²) in [4.78, 5) is 31.6. The number of amides is 1. The van der Waals surface area contributed by atoms with Gasteiger partial charge in [-0.05, 0) is 0 Å². The van der Waals surface area contributed by atoms with Crippen LogP contribution in [0.2, 0.25) is 0 Å². The first-order valence-electron chi connectivity index (χ1n) is 3.96. The van der Waals surface area contributed by atoms with E-state index >= 15 is 0 Å². The van der Waals surface area contributed by atoms with Crippen molar-refractivity contribution in [2.24, 2.45) is 0 Å².